The Morgan fingerprint density at radius 1 is 1.50 bits per heavy atom. The maximum Gasteiger partial charge on any atom is 0.243 e. The molecule has 0 aliphatic heterocycles. The van der Waals surface area contributed by atoms with Crippen LogP contribution in [0.15, 0.2) is 36.7 Å². The molecule has 56 valence electrons. The fraction of sp³-hybridized carbons (Fsp3) is 0.250. The predicted octanol–water partition coefficient (Wildman–Crippen LogP) is 2.21. The van der Waals surface area contributed by atoms with E-state index in [1.165, 1.54) is 0 Å². The lowest BCUT2D eigenvalue weighted by molar-refractivity contribution is 0.418. The van der Waals surface area contributed by atoms with Crippen LogP contribution in [0.1, 0.15) is 0 Å². The average Bonchev–Trinajstić information content (AvgIpc) is 2.01. The van der Waals surface area contributed by atoms with Gasteiger partial charge in [-0.25, -0.2) is 0 Å². The van der Waals surface area contributed by atoms with E-state index in [1.807, 2.05) is 12.2 Å². The van der Waals surface area contributed by atoms with Crippen molar-refractivity contribution >= 4 is 8.32 Å². The molecule has 0 radical (unpaired) electrons. The zero-order valence-corrected chi connectivity index (χ0v) is 7.68. The van der Waals surface area contributed by atoms with E-state index in [1.54, 1.807) is 13.2 Å². The Balaban J connectivity index is 4.46. The van der Waals surface area contributed by atoms with Crippen LogP contribution in [0.3, 0.4) is 0 Å². The van der Waals surface area contributed by atoms with Gasteiger partial charge in [-0.15, -0.1) is 6.58 Å². The van der Waals surface area contributed by atoms with Crippen molar-refractivity contribution in [3.05, 3.63) is 36.7 Å². The third kappa shape index (κ3) is 1.69. The molecule has 1 unspecified atom stereocenters. The maximum absolute atomic E-state index is 5.29. The second kappa shape index (κ2) is 3.54. The van der Waals surface area contributed by atoms with Crippen LogP contribution in [0.25, 0.3) is 0 Å². The Hall–Kier alpha value is -0.603. The topological polar surface area (TPSA) is 9.23 Å². The van der Waals surface area contributed by atoms with E-state index in [0.29, 0.717) is 0 Å². The van der Waals surface area contributed by atoms with Gasteiger partial charge in [0, 0.05) is 7.11 Å². The number of rotatable bonds is 4. The van der Waals surface area contributed by atoms with Gasteiger partial charge in [0.1, 0.15) is 0 Å². The van der Waals surface area contributed by atoms with Gasteiger partial charge < -0.3 is 4.43 Å². The summed E-state index contributed by atoms with van der Waals surface area (Å²) < 4.78 is 5.29. The van der Waals surface area contributed by atoms with Crippen LogP contribution in [-0.2, 0) is 4.43 Å². The number of allylic oxidation sites excluding steroid dienone is 2. The summed E-state index contributed by atoms with van der Waals surface area (Å²) in [6.45, 7) is 13.2. The molecular weight excluding hydrogens is 140 g/mol. The SMILES string of the molecule is C=CC(=C)[Si](C)(C=C)OC. The average molecular weight is 154 g/mol. The van der Waals surface area contributed by atoms with Crippen molar-refractivity contribution in [2.45, 2.75) is 6.55 Å². The van der Waals surface area contributed by atoms with Crippen LogP contribution in [-0.4, -0.2) is 15.4 Å². The smallest absolute Gasteiger partial charge is 0.243 e. The highest BCUT2D eigenvalue weighted by Gasteiger charge is 2.25. The molecule has 0 bridgehead atoms. The van der Waals surface area contributed by atoms with E-state index in [0.717, 1.165) is 5.20 Å². The van der Waals surface area contributed by atoms with Crippen molar-refractivity contribution in [1.82, 2.24) is 0 Å². The zero-order chi connectivity index (χ0) is 8.20. The Morgan fingerprint density at radius 2 is 2.00 bits per heavy atom. The maximum atomic E-state index is 5.29. The van der Waals surface area contributed by atoms with Gasteiger partial charge in [-0.3, -0.25) is 0 Å². The molecule has 0 aliphatic rings. The van der Waals surface area contributed by atoms with Crippen molar-refractivity contribution in [2.75, 3.05) is 7.11 Å². The van der Waals surface area contributed by atoms with Crippen LogP contribution in [0, 0.1) is 0 Å². The Bertz CT molecular complexity index is 163. The summed E-state index contributed by atoms with van der Waals surface area (Å²) in [7, 11) is -0.166. The van der Waals surface area contributed by atoms with Crippen LogP contribution in [0.2, 0.25) is 6.55 Å². The van der Waals surface area contributed by atoms with Crippen molar-refractivity contribution in [3.8, 4) is 0 Å². The molecule has 0 aromatic heterocycles. The van der Waals surface area contributed by atoms with E-state index in [2.05, 4.69) is 19.7 Å². The van der Waals surface area contributed by atoms with Crippen LogP contribution in [0.4, 0.5) is 0 Å². The summed E-state index contributed by atoms with van der Waals surface area (Å²) in [5.41, 5.74) is 1.84. The minimum absolute atomic E-state index is 0.963. The molecule has 0 N–H and O–H groups in total. The summed E-state index contributed by atoms with van der Waals surface area (Å²) in [6, 6.07) is 0. The van der Waals surface area contributed by atoms with Crippen molar-refractivity contribution in [3.63, 3.8) is 0 Å². The van der Waals surface area contributed by atoms with Crippen LogP contribution < -0.4 is 0 Å². The summed E-state index contributed by atoms with van der Waals surface area (Å²) >= 11 is 0. The van der Waals surface area contributed by atoms with Crippen molar-refractivity contribution < 1.29 is 4.43 Å². The molecule has 0 amide bonds. The van der Waals surface area contributed by atoms with E-state index in [-0.39, 0.29) is 0 Å². The van der Waals surface area contributed by atoms with E-state index >= 15 is 0 Å². The fourth-order valence-electron chi connectivity index (χ4n) is 0.548. The first kappa shape index (κ1) is 9.40. The summed E-state index contributed by atoms with van der Waals surface area (Å²) in [5.74, 6) is 0. The molecule has 1 atom stereocenters. The quantitative estimate of drug-likeness (QED) is 0.445. The molecule has 0 aromatic carbocycles. The van der Waals surface area contributed by atoms with Gasteiger partial charge in [0.25, 0.3) is 0 Å². The minimum Gasteiger partial charge on any atom is -0.412 e. The second-order valence-electron chi connectivity index (χ2n) is 2.24. The van der Waals surface area contributed by atoms with Crippen LogP contribution in [0.5, 0.6) is 0 Å². The molecule has 10 heavy (non-hydrogen) atoms. The lowest BCUT2D eigenvalue weighted by Gasteiger charge is -2.20. The molecule has 0 aliphatic carbocycles. The molecule has 0 rings (SSSR count). The van der Waals surface area contributed by atoms with Gasteiger partial charge in [0.2, 0.25) is 8.32 Å². The third-order valence-electron chi connectivity index (χ3n) is 1.70. The number of hydrogen-bond donors (Lipinski definition) is 0. The zero-order valence-electron chi connectivity index (χ0n) is 6.68. The predicted molar refractivity (Wildman–Crippen MR) is 48.2 cm³/mol. The first-order valence-electron chi connectivity index (χ1n) is 3.11. The monoisotopic (exact) mass is 154 g/mol. The first-order chi connectivity index (χ1) is 4.60. The van der Waals surface area contributed by atoms with Gasteiger partial charge in [-0.1, -0.05) is 24.9 Å². The highest BCUT2D eigenvalue weighted by molar-refractivity contribution is 6.84. The van der Waals surface area contributed by atoms with E-state index in [9.17, 15) is 0 Å². The first-order valence-corrected chi connectivity index (χ1v) is 5.60. The summed E-state index contributed by atoms with van der Waals surface area (Å²) in [5, 5.41) is 0.963. The van der Waals surface area contributed by atoms with Gasteiger partial charge in [0.15, 0.2) is 0 Å². The van der Waals surface area contributed by atoms with Gasteiger partial charge in [-0.05, 0) is 11.7 Å². The normalized spacial score (nSPS) is 15.4. The molecule has 0 heterocycles. The summed E-state index contributed by atoms with van der Waals surface area (Å²) in [4.78, 5) is 0. The molecule has 0 saturated heterocycles. The van der Waals surface area contributed by atoms with Gasteiger partial charge >= 0.3 is 0 Å². The van der Waals surface area contributed by atoms with E-state index in [4.69, 9.17) is 4.43 Å². The molecule has 0 aromatic rings. The summed E-state index contributed by atoms with van der Waals surface area (Å²) in [6.07, 6.45) is 1.73. The van der Waals surface area contributed by atoms with Crippen molar-refractivity contribution in [2.24, 2.45) is 0 Å². The van der Waals surface area contributed by atoms with E-state index < -0.39 is 8.32 Å². The van der Waals surface area contributed by atoms with Gasteiger partial charge in [0.05, 0.1) is 0 Å². The lowest BCUT2D eigenvalue weighted by atomic mass is 10.6. The Labute approximate surface area is 63.8 Å². The third-order valence-corrected chi connectivity index (χ3v) is 4.80. The fourth-order valence-corrected chi connectivity index (χ4v) is 1.64. The molecule has 0 saturated carbocycles. The van der Waals surface area contributed by atoms with Gasteiger partial charge in [-0.2, -0.15) is 0 Å². The molecule has 0 spiro atoms. The lowest BCUT2D eigenvalue weighted by Crippen LogP contribution is -2.32. The molecule has 1 nitrogen and oxygen atoms in total. The molecule has 2 heteroatoms. The number of hydrogen-bond acceptors (Lipinski definition) is 1. The second-order valence-corrected chi connectivity index (χ2v) is 5.92. The highest BCUT2D eigenvalue weighted by Crippen LogP contribution is 2.15. The largest absolute Gasteiger partial charge is 0.412 e. The highest BCUT2D eigenvalue weighted by atomic mass is 28.4. The molecule has 0 fully saturated rings. The van der Waals surface area contributed by atoms with Crippen molar-refractivity contribution in [1.29, 1.82) is 0 Å². The minimum atomic E-state index is -1.85. The van der Waals surface area contributed by atoms with Crippen LogP contribution >= 0.6 is 0 Å². The Morgan fingerprint density at radius 3 is 2.10 bits per heavy atom. The standard InChI is InChI=1S/C8H14OSi/c1-6-8(3)10(5,7-2)9-4/h6-7H,1-3H2,4-5H3. The Kier molecular flexibility index (Phi) is 3.32. The molecular formula is C8H14OSi.